The van der Waals surface area contributed by atoms with Crippen LogP contribution < -0.4 is 11.1 Å². The van der Waals surface area contributed by atoms with Crippen molar-refractivity contribution in [2.45, 2.75) is 13.3 Å². The van der Waals surface area contributed by atoms with E-state index < -0.39 is 0 Å². The molecule has 0 unspecified atom stereocenters. The molecule has 0 spiro atoms. The zero-order valence-electron chi connectivity index (χ0n) is 17.5. The Labute approximate surface area is 179 Å². The Bertz CT molecular complexity index is 1280. The average molecular weight is 416 g/mol. The number of nitrogens with zero attached hydrogens (tertiary/aromatic N) is 4. The van der Waals surface area contributed by atoms with E-state index in [1.807, 2.05) is 55.5 Å². The van der Waals surface area contributed by atoms with Crippen LogP contribution in [0.2, 0.25) is 0 Å². The number of nitrogen functional groups attached to an aromatic ring is 1. The number of hydrogen-bond donors (Lipinski definition) is 2. The summed E-state index contributed by atoms with van der Waals surface area (Å²) in [6.45, 7) is 3.03. The second-order valence-electron chi connectivity index (χ2n) is 7.16. The fourth-order valence-corrected chi connectivity index (χ4v) is 3.35. The third-order valence-corrected chi connectivity index (χ3v) is 5.01. The lowest BCUT2D eigenvalue weighted by Gasteiger charge is -2.05. The van der Waals surface area contributed by atoms with Crippen LogP contribution in [0.5, 0.6) is 0 Å². The van der Waals surface area contributed by atoms with E-state index in [1.54, 1.807) is 13.3 Å². The second-order valence-corrected chi connectivity index (χ2v) is 7.16. The number of aryl methyl sites for hydroxylation is 1. The number of benzene rings is 2. The number of anilines is 1. The van der Waals surface area contributed by atoms with E-state index in [2.05, 4.69) is 15.4 Å². The number of nitrogens with one attached hydrogen (secondary N) is 1. The quantitative estimate of drug-likeness (QED) is 0.356. The largest absolute Gasteiger partial charge is 0.385 e. The second kappa shape index (κ2) is 8.93. The zero-order chi connectivity index (χ0) is 21.8. The van der Waals surface area contributed by atoms with Gasteiger partial charge in [-0.15, -0.1) is 0 Å². The summed E-state index contributed by atoms with van der Waals surface area (Å²) in [7, 11) is 1.63. The van der Waals surface area contributed by atoms with E-state index in [4.69, 9.17) is 15.5 Å². The minimum atomic E-state index is -0.312. The summed E-state index contributed by atoms with van der Waals surface area (Å²) in [5.41, 5.74) is 10.9. The molecule has 8 nitrogen and oxygen atoms in total. The number of carbonyl (C=O) groups excluding carboxylic acids is 1. The van der Waals surface area contributed by atoms with Gasteiger partial charge in [0.1, 0.15) is 16.9 Å². The summed E-state index contributed by atoms with van der Waals surface area (Å²) in [6, 6.07) is 15.4. The molecule has 0 atom stereocenters. The van der Waals surface area contributed by atoms with E-state index >= 15 is 0 Å². The summed E-state index contributed by atoms with van der Waals surface area (Å²) >= 11 is 0. The van der Waals surface area contributed by atoms with Gasteiger partial charge in [-0.1, -0.05) is 36.4 Å². The highest BCUT2D eigenvalue weighted by molar-refractivity contribution is 6.10. The lowest BCUT2D eigenvalue weighted by atomic mass is 10.1. The molecule has 8 heteroatoms. The minimum Gasteiger partial charge on any atom is -0.385 e. The zero-order valence-corrected chi connectivity index (χ0v) is 17.5. The van der Waals surface area contributed by atoms with Crippen molar-refractivity contribution in [3.05, 3.63) is 65.2 Å². The van der Waals surface area contributed by atoms with Crippen LogP contribution in [0.3, 0.4) is 0 Å². The van der Waals surface area contributed by atoms with Crippen molar-refractivity contribution < 1.29 is 9.53 Å². The summed E-state index contributed by atoms with van der Waals surface area (Å²) in [6.07, 6.45) is 2.41. The molecule has 158 valence electrons. The number of amides is 1. The van der Waals surface area contributed by atoms with Crippen molar-refractivity contribution in [1.29, 1.82) is 0 Å². The molecule has 0 radical (unpaired) electrons. The molecule has 4 rings (SSSR count). The molecule has 0 saturated heterocycles. The standard InChI is InChI=1S/C23H24N6O2/c1-15-8-3-4-9-16(15)14-26-29-21(24)19(23(30)25-12-7-13-31-2)20-22(29)28-18-11-6-5-10-17(18)27-20/h3-6,8-11,14H,7,12-13,24H2,1-2H3,(H,25,30)/b26-14-. The van der Waals surface area contributed by atoms with Crippen molar-refractivity contribution in [1.82, 2.24) is 20.0 Å². The van der Waals surface area contributed by atoms with Gasteiger partial charge < -0.3 is 15.8 Å². The molecule has 2 heterocycles. The Balaban J connectivity index is 1.83. The van der Waals surface area contributed by atoms with Crippen molar-refractivity contribution in [3.63, 3.8) is 0 Å². The van der Waals surface area contributed by atoms with Crippen LogP contribution in [0, 0.1) is 6.92 Å². The molecule has 0 aliphatic carbocycles. The summed E-state index contributed by atoms with van der Waals surface area (Å²) in [4.78, 5) is 22.3. The first-order valence-electron chi connectivity index (χ1n) is 10.0. The Morgan fingerprint density at radius 2 is 1.87 bits per heavy atom. The van der Waals surface area contributed by atoms with Crippen LogP contribution in [0.15, 0.2) is 53.6 Å². The summed E-state index contributed by atoms with van der Waals surface area (Å²) in [5, 5.41) is 7.43. The van der Waals surface area contributed by atoms with E-state index in [1.165, 1.54) is 4.68 Å². The molecule has 31 heavy (non-hydrogen) atoms. The molecule has 3 N–H and O–H groups in total. The SMILES string of the molecule is COCCCNC(=O)c1c(N)n(/N=C\c2ccccc2C)c2nc3ccccc3nc12. The van der Waals surface area contributed by atoms with Crippen molar-refractivity contribution in [3.8, 4) is 0 Å². The average Bonchev–Trinajstić information content (AvgIpc) is 3.04. The Hall–Kier alpha value is -3.78. The molecule has 0 bridgehead atoms. The number of nitrogens with two attached hydrogens (primary N) is 1. The number of hydrogen-bond acceptors (Lipinski definition) is 6. The van der Waals surface area contributed by atoms with Gasteiger partial charge in [0.05, 0.1) is 17.2 Å². The predicted molar refractivity (Wildman–Crippen MR) is 122 cm³/mol. The first-order chi connectivity index (χ1) is 15.1. The van der Waals surface area contributed by atoms with Crippen LogP contribution in [0.25, 0.3) is 22.2 Å². The Kier molecular flexibility index (Phi) is 5.90. The number of para-hydroxylation sites is 2. The highest BCUT2D eigenvalue weighted by Gasteiger charge is 2.23. The lowest BCUT2D eigenvalue weighted by Crippen LogP contribution is -2.26. The first kappa shape index (κ1) is 20.5. The molecule has 2 aromatic heterocycles. The third-order valence-electron chi connectivity index (χ3n) is 5.01. The molecule has 4 aromatic rings. The molecule has 0 aliphatic rings. The maximum Gasteiger partial charge on any atom is 0.257 e. The van der Waals surface area contributed by atoms with Crippen LogP contribution in [0.4, 0.5) is 5.82 Å². The Morgan fingerprint density at radius 1 is 1.16 bits per heavy atom. The molecule has 1 amide bonds. The number of rotatable bonds is 7. The highest BCUT2D eigenvalue weighted by atomic mass is 16.5. The Morgan fingerprint density at radius 3 is 2.61 bits per heavy atom. The molecule has 0 saturated carbocycles. The van der Waals surface area contributed by atoms with Crippen LogP contribution >= 0.6 is 0 Å². The highest BCUT2D eigenvalue weighted by Crippen LogP contribution is 2.27. The number of aromatic nitrogens is 3. The summed E-state index contributed by atoms with van der Waals surface area (Å²) in [5.74, 6) is -0.118. The number of carbonyl (C=O) groups is 1. The monoisotopic (exact) mass is 416 g/mol. The predicted octanol–water partition coefficient (Wildman–Crippen LogP) is 3.12. The van der Waals surface area contributed by atoms with Gasteiger partial charge >= 0.3 is 0 Å². The topological polar surface area (TPSA) is 107 Å². The van der Waals surface area contributed by atoms with Crippen LogP contribution in [0.1, 0.15) is 27.9 Å². The van der Waals surface area contributed by atoms with E-state index in [0.29, 0.717) is 41.8 Å². The van der Waals surface area contributed by atoms with Crippen molar-refractivity contribution in [2.75, 3.05) is 26.0 Å². The molecule has 2 aromatic carbocycles. The number of methoxy groups -OCH3 is 1. The van der Waals surface area contributed by atoms with Gasteiger partial charge in [0.15, 0.2) is 5.65 Å². The fraction of sp³-hybridized carbons (Fsp3) is 0.217. The van der Waals surface area contributed by atoms with Crippen molar-refractivity contribution in [2.24, 2.45) is 5.10 Å². The van der Waals surface area contributed by atoms with E-state index in [0.717, 1.165) is 11.1 Å². The maximum atomic E-state index is 13.0. The molecular weight excluding hydrogens is 392 g/mol. The summed E-state index contributed by atoms with van der Waals surface area (Å²) < 4.78 is 6.52. The lowest BCUT2D eigenvalue weighted by molar-refractivity contribution is 0.0951. The van der Waals surface area contributed by atoms with Crippen LogP contribution in [-0.2, 0) is 4.74 Å². The normalized spacial score (nSPS) is 11.5. The molecular formula is C23H24N6O2. The minimum absolute atomic E-state index is 0.194. The molecule has 0 fully saturated rings. The number of ether oxygens (including phenoxy) is 1. The maximum absolute atomic E-state index is 13.0. The molecule has 0 aliphatic heterocycles. The first-order valence-corrected chi connectivity index (χ1v) is 10.0. The smallest absolute Gasteiger partial charge is 0.257 e. The fourth-order valence-electron chi connectivity index (χ4n) is 3.35. The van der Waals surface area contributed by atoms with Gasteiger partial charge in [0.2, 0.25) is 0 Å². The van der Waals surface area contributed by atoms with Gasteiger partial charge in [0.25, 0.3) is 5.91 Å². The van der Waals surface area contributed by atoms with Gasteiger partial charge in [-0.2, -0.15) is 9.78 Å². The van der Waals surface area contributed by atoms with Gasteiger partial charge in [-0.25, -0.2) is 9.97 Å². The van der Waals surface area contributed by atoms with Crippen molar-refractivity contribution >= 4 is 40.1 Å². The number of fused-ring (bicyclic) bond motifs is 2. The van der Waals surface area contributed by atoms with Gasteiger partial charge in [0, 0.05) is 20.3 Å². The van der Waals surface area contributed by atoms with Gasteiger partial charge in [-0.05, 0) is 36.6 Å². The third kappa shape index (κ3) is 4.10. The van der Waals surface area contributed by atoms with E-state index in [9.17, 15) is 4.79 Å². The van der Waals surface area contributed by atoms with Crippen LogP contribution in [-0.4, -0.2) is 47.0 Å². The van der Waals surface area contributed by atoms with E-state index in [-0.39, 0.29) is 17.3 Å². The van der Waals surface area contributed by atoms with Gasteiger partial charge in [-0.3, -0.25) is 4.79 Å².